The second-order valence-electron chi connectivity index (χ2n) is 4.36. The molecular weight excluding hydrogens is 301 g/mol. The second-order valence-corrected chi connectivity index (χ2v) is 6.02. The van der Waals surface area contributed by atoms with Gasteiger partial charge in [-0.15, -0.1) is 0 Å². The molecule has 0 fully saturated rings. The highest BCUT2D eigenvalue weighted by molar-refractivity contribution is 7.92. The molecule has 9 heteroatoms. The van der Waals surface area contributed by atoms with Crippen molar-refractivity contribution in [3.63, 3.8) is 0 Å². The maximum Gasteiger partial charge on any atom is 0.335 e. The molecule has 112 valence electrons. The molecule has 0 bridgehead atoms. The number of hydrogen-bond donors (Lipinski definition) is 3. The van der Waals surface area contributed by atoms with E-state index in [2.05, 4.69) is 14.9 Å². The van der Waals surface area contributed by atoms with Crippen LogP contribution in [-0.4, -0.2) is 29.7 Å². The van der Waals surface area contributed by atoms with Crippen molar-refractivity contribution in [2.24, 2.45) is 0 Å². The zero-order valence-corrected chi connectivity index (χ0v) is 12.0. The maximum atomic E-state index is 13.8. The number of carboxylic acids is 1. The summed E-state index contributed by atoms with van der Waals surface area (Å²) < 4.78 is 40.4. The summed E-state index contributed by atoms with van der Waals surface area (Å²) in [6, 6.07) is 2.59. The number of carboxylic acid groups (broad SMARTS) is 1. The molecule has 0 saturated heterocycles. The monoisotopic (exact) mass is 313 g/mol. The van der Waals surface area contributed by atoms with E-state index in [1.165, 1.54) is 0 Å². The van der Waals surface area contributed by atoms with E-state index >= 15 is 0 Å². The Labute approximate surface area is 119 Å². The fraction of sp³-hybridized carbons (Fsp3) is 0.167. The summed E-state index contributed by atoms with van der Waals surface area (Å²) in [6.07, 6.45) is 0. The summed E-state index contributed by atoms with van der Waals surface area (Å²) in [5.41, 5.74) is 0.802. The molecule has 0 aliphatic carbocycles. The third-order valence-electron chi connectivity index (χ3n) is 2.83. The van der Waals surface area contributed by atoms with Crippen LogP contribution in [0.25, 0.3) is 0 Å². The molecule has 2 aromatic rings. The van der Waals surface area contributed by atoms with Gasteiger partial charge in [0.1, 0.15) is 10.7 Å². The Hall–Kier alpha value is -2.42. The first-order valence-electron chi connectivity index (χ1n) is 5.79. The molecule has 1 aromatic carbocycles. The molecule has 21 heavy (non-hydrogen) atoms. The van der Waals surface area contributed by atoms with Crippen LogP contribution >= 0.6 is 0 Å². The first-order valence-corrected chi connectivity index (χ1v) is 7.28. The molecule has 0 unspecified atom stereocenters. The Morgan fingerprint density at radius 1 is 1.38 bits per heavy atom. The van der Waals surface area contributed by atoms with Crippen LogP contribution in [0.5, 0.6) is 0 Å². The molecule has 1 heterocycles. The Kier molecular flexibility index (Phi) is 3.69. The molecule has 0 saturated carbocycles. The summed E-state index contributed by atoms with van der Waals surface area (Å²) in [4.78, 5) is 10.1. The number of aromatic carboxylic acids is 1. The molecule has 7 nitrogen and oxygen atoms in total. The summed E-state index contributed by atoms with van der Waals surface area (Å²) in [5.74, 6) is -2.48. The quantitative estimate of drug-likeness (QED) is 0.794. The number of aromatic nitrogens is 2. The van der Waals surface area contributed by atoms with E-state index < -0.39 is 26.7 Å². The van der Waals surface area contributed by atoms with Crippen LogP contribution in [0.3, 0.4) is 0 Å². The summed E-state index contributed by atoms with van der Waals surface area (Å²) in [7, 11) is -4.18. The topological polar surface area (TPSA) is 112 Å². The lowest BCUT2D eigenvalue weighted by Crippen LogP contribution is -2.16. The first kappa shape index (κ1) is 15.0. The van der Waals surface area contributed by atoms with E-state index in [1.54, 1.807) is 13.8 Å². The van der Waals surface area contributed by atoms with E-state index in [9.17, 15) is 17.6 Å². The molecule has 0 aliphatic rings. The molecule has 0 spiro atoms. The summed E-state index contributed by atoms with van der Waals surface area (Å²) >= 11 is 0. The predicted octanol–water partition coefficient (Wildman–Crippen LogP) is 1.66. The zero-order chi connectivity index (χ0) is 15.8. The second kappa shape index (κ2) is 5.17. The van der Waals surface area contributed by atoms with Gasteiger partial charge in [0.15, 0.2) is 0 Å². The van der Waals surface area contributed by atoms with E-state index in [-0.39, 0.29) is 11.3 Å². The number of nitrogens with one attached hydrogen (secondary N) is 2. The molecule has 0 radical (unpaired) electrons. The van der Waals surface area contributed by atoms with E-state index in [0.717, 1.165) is 12.1 Å². The van der Waals surface area contributed by atoms with Gasteiger partial charge < -0.3 is 5.11 Å². The van der Waals surface area contributed by atoms with Crippen LogP contribution < -0.4 is 4.72 Å². The number of aromatic amines is 1. The van der Waals surface area contributed by atoms with Gasteiger partial charge in [-0.2, -0.15) is 5.10 Å². The predicted molar refractivity (Wildman–Crippen MR) is 72.2 cm³/mol. The first-order chi connectivity index (χ1) is 9.72. The van der Waals surface area contributed by atoms with Crippen LogP contribution in [0.15, 0.2) is 23.1 Å². The highest BCUT2D eigenvalue weighted by Gasteiger charge is 2.22. The third kappa shape index (κ3) is 2.87. The third-order valence-corrected chi connectivity index (χ3v) is 4.22. The van der Waals surface area contributed by atoms with Gasteiger partial charge in [-0.1, -0.05) is 0 Å². The number of hydrogen-bond acceptors (Lipinski definition) is 4. The van der Waals surface area contributed by atoms with Crippen molar-refractivity contribution in [2.75, 3.05) is 4.72 Å². The number of benzene rings is 1. The maximum absolute atomic E-state index is 13.8. The Balaban J connectivity index is 2.43. The van der Waals surface area contributed by atoms with Crippen LogP contribution in [0.2, 0.25) is 0 Å². The number of halogens is 1. The van der Waals surface area contributed by atoms with Crippen LogP contribution in [0, 0.1) is 19.7 Å². The van der Waals surface area contributed by atoms with Crippen molar-refractivity contribution >= 4 is 21.7 Å². The fourth-order valence-corrected chi connectivity index (χ4v) is 2.98. The van der Waals surface area contributed by atoms with Gasteiger partial charge in [-0.25, -0.2) is 17.6 Å². The largest absolute Gasteiger partial charge is 0.478 e. The molecule has 0 amide bonds. The summed E-state index contributed by atoms with van der Waals surface area (Å²) in [5, 5.41) is 15.2. The van der Waals surface area contributed by atoms with Crippen molar-refractivity contribution in [3.8, 4) is 0 Å². The highest BCUT2D eigenvalue weighted by Crippen LogP contribution is 2.23. The number of sulfonamides is 1. The number of H-pyrrole nitrogens is 1. The standard InChI is InChI=1S/C12H12FN3O4S/c1-6-11(7(2)15-14-6)16-21(19,20)10-4-3-8(12(17)18)5-9(10)13/h3-5,16H,1-2H3,(H,14,15)(H,17,18). The van der Waals surface area contributed by atoms with Gasteiger partial charge in [0.2, 0.25) is 0 Å². The minimum atomic E-state index is -4.18. The number of anilines is 1. The summed E-state index contributed by atoms with van der Waals surface area (Å²) in [6.45, 7) is 3.20. The van der Waals surface area contributed by atoms with E-state index in [0.29, 0.717) is 17.5 Å². The van der Waals surface area contributed by atoms with Gasteiger partial charge in [0, 0.05) is 0 Å². The van der Waals surface area contributed by atoms with Crippen molar-refractivity contribution < 1.29 is 22.7 Å². The highest BCUT2D eigenvalue weighted by atomic mass is 32.2. The Morgan fingerprint density at radius 3 is 2.52 bits per heavy atom. The minimum absolute atomic E-state index is 0.233. The Bertz CT molecular complexity index is 794. The van der Waals surface area contributed by atoms with Crippen molar-refractivity contribution in [1.82, 2.24) is 10.2 Å². The molecule has 1 aromatic heterocycles. The van der Waals surface area contributed by atoms with Crippen LogP contribution in [0.4, 0.5) is 10.1 Å². The number of rotatable bonds is 4. The van der Waals surface area contributed by atoms with Crippen molar-refractivity contribution in [3.05, 3.63) is 41.0 Å². The molecule has 0 aliphatic heterocycles. The van der Waals surface area contributed by atoms with Gasteiger partial charge in [0.25, 0.3) is 10.0 Å². The smallest absolute Gasteiger partial charge is 0.335 e. The SMILES string of the molecule is Cc1n[nH]c(C)c1NS(=O)(=O)c1ccc(C(=O)O)cc1F. The lowest BCUT2D eigenvalue weighted by atomic mass is 10.2. The molecule has 0 atom stereocenters. The Morgan fingerprint density at radius 2 is 2.05 bits per heavy atom. The van der Waals surface area contributed by atoms with Gasteiger partial charge in [-0.3, -0.25) is 9.82 Å². The molecule has 3 N–H and O–H groups in total. The normalized spacial score (nSPS) is 11.4. The zero-order valence-electron chi connectivity index (χ0n) is 11.1. The van der Waals surface area contributed by atoms with Gasteiger partial charge in [0.05, 0.1) is 22.6 Å². The molecule has 2 rings (SSSR count). The lowest BCUT2D eigenvalue weighted by molar-refractivity contribution is 0.0696. The van der Waals surface area contributed by atoms with E-state index in [1.807, 2.05) is 0 Å². The number of nitrogens with zero attached hydrogens (tertiary/aromatic N) is 1. The minimum Gasteiger partial charge on any atom is -0.478 e. The van der Waals surface area contributed by atoms with Gasteiger partial charge in [-0.05, 0) is 32.0 Å². The van der Waals surface area contributed by atoms with Gasteiger partial charge >= 0.3 is 5.97 Å². The lowest BCUT2D eigenvalue weighted by Gasteiger charge is -2.09. The van der Waals surface area contributed by atoms with E-state index in [4.69, 9.17) is 5.11 Å². The molecular formula is C12H12FN3O4S. The van der Waals surface area contributed by atoms with Crippen molar-refractivity contribution in [2.45, 2.75) is 18.7 Å². The average molecular weight is 313 g/mol. The average Bonchev–Trinajstić information content (AvgIpc) is 2.69. The number of aryl methyl sites for hydroxylation is 2. The van der Waals surface area contributed by atoms with Crippen LogP contribution in [-0.2, 0) is 10.0 Å². The number of carbonyl (C=O) groups is 1. The van der Waals surface area contributed by atoms with Crippen molar-refractivity contribution in [1.29, 1.82) is 0 Å². The fourth-order valence-electron chi connectivity index (χ4n) is 1.74. The van der Waals surface area contributed by atoms with Crippen LogP contribution in [0.1, 0.15) is 21.7 Å².